The summed E-state index contributed by atoms with van der Waals surface area (Å²) in [6.07, 6.45) is 3.43. The third-order valence-electron chi connectivity index (χ3n) is 4.67. The molecule has 6 nitrogen and oxygen atoms in total. The maximum Gasteiger partial charge on any atom is 0.272 e. The van der Waals surface area contributed by atoms with E-state index in [2.05, 4.69) is 4.98 Å². The lowest BCUT2D eigenvalue weighted by Crippen LogP contribution is -2.22. The van der Waals surface area contributed by atoms with E-state index in [4.69, 9.17) is 0 Å². The van der Waals surface area contributed by atoms with E-state index in [-0.39, 0.29) is 11.2 Å². The second kappa shape index (κ2) is 7.52. The molecule has 0 aliphatic carbocycles. The Kier molecular flexibility index (Phi) is 4.75. The Morgan fingerprint density at radius 1 is 0.966 bits per heavy atom. The van der Waals surface area contributed by atoms with Crippen LogP contribution in [0.2, 0.25) is 0 Å². The average molecular weight is 383 g/mol. The van der Waals surface area contributed by atoms with Crippen LogP contribution in [0.4, 0.5) is 5.69 Å². The summed E-state index contributed by atoms with van der Waals surface area (Å²) < 4.78 is 1.54. The van der Waals surface area contributed by atoms with E-state index in [1.165, 1.54) is 6.07 Å². The highest BCUT2D eigenvalue weighted by molar-refractivity contribution is 5.80. The number of aromatic nitrogens is 2. The maximum absolute atomic E-state index is 13.1. The van der Waals surface area contributed by atoms with Gasteiger partial charge >= 0.3 is 0 Å². The quantitative estimate of drug-likeness (QED) is 0.375. The van der Waals surface area contributed by atoms with Crippen molar-refractivity contribution in [1.29, 1.82) is 0 Å². The van der Waals surface area contributed by atoms with Crippen molar-refractivity contribution in [3.8, 4) is 5.69 Å². The van der Waals surface area contributed by atoms with Crippen molar-refractivity contribution in [2.75, 3.05) is 0 Å². The Morgan fingerprint density at radius 2 is 1.69 bits per heavy atom. The van der Waals surface area contributed by atoms with Gasteiger partial charge in [0.15, 0.2) is 0 Å². The van der Waals surface area contributed by atoms with Crippen LogP contribution in [0.15, 0.2) is 77.6 Å². The summed E-state index contributed by atoms with van der Waals surface area (Å²) in [4.78, 5) is 28.6. The van der Waals surface area contributed by atoms with Crippen LogP contribution in [0, 0.1) is 17.0 Å². The zero-order chi connectivity index (χ0) is 20.4. The summed E-state index contributed by atoms with van der Waals surface area (Å²) >= 11 is 0. The molecule has 3 aromatic carbocycles. The van der Waals surface area contributed by atoms with Gasteiger partial charge in [-0.3, -0.25) is 19.5 Å². The van der Waals surface area contributed by atoms with Crippen LogP contribution in [0.25, 0.3) is 28.7 Å². The Morgan fingerprint density at radius 3 is 2.45 bits per heavy atom. The molecule has 0 N–H and O–H groups in total. The third-order valence-corrected chi connectivity index (χ3v) is 4.67. The van der Waals surface area contributed by atoms with Crippen LogP contribution in [0.1, 0.15) is 17.0 Å². The summed E-state index contributed by atoms with van der Waals surface area (Å²) in [5, 5.41) is 11.7. The van der Waals surface area contributed by atoms with E-state index in [1.54, 1.807) is 47.9 Å². The standard InChI is InChI=1S/C23H17N3O3/c1-16-11-12-17(15-21(16)26(28)29)13-14-22-24-20-10-6-5-9-19(20)23(27)25(22)18-7-3-2-4-8-18/h2-15H,1H3/b14-13+. The van der Waals surface area contributed by atoms with Crippen molar-refractivity contribution < 1.29 is 4.92 Å². The third kappa shape index (κ3) is 3.55. The number of nitro benzene ring substituents is 1. The van der Waals surface area contributed by atoms with E-state index < -0.39 is 4.92 Å². The molecule has 0 unspecified atom stereocenters. The van der Waals surface area contributed by atoms with E-state index in [0.29, 0.717) is 33.5 Å². The number of rotatable bonds is 4. The number of nitrogens with zero attached hydrogens (tertiary/aromatic N) is 3. The van der Waals surface area contributed by atoms with Crippen molar-refractivity contribution >= 4 is 28.7 Å². The van der Waals surface area contributed by atoms with Gasteiger partial charge in [0.2, 0.25) is 0 Å². The van der Waals surface area contributed by atoms with E-state index in [9.17, 15) is 14.9 Å². The van der Waals surface area contributed by atoms with Crippen LogP contribution >= 0.6 is 0 Å². The monoisotopic (exact) mass is 383 g/mol. The number of fused-ring (bicyclic) bond motifs is 1. The van der Waals surface area contributed by atoms with Crippen LogP contribution in [-0.4, -0.2) is 14.5 Å². The molecule has 6 heteroatoms. The predicted molar refractivity (Wildman–Crippen MR) is 114 cm³/mol. The van der Waals surface area contributed by atoms with Crippen molar-refractivity contribution in [3.63, 3.8) is 0 Å². The molecule has 0 fully saturated rings. The van der Waals surface area contributed by atoms with Crippen molar-refractivity contribution in [2.24, 2.45) is 0 Å². The lowest BCUT2D eigenvalue weighted by Gasteiger charge is -2.11. The highest BCUT2D eigenvalue weighted by Gasteiger charge is 2.12. The molecule has 0 spiro atoms. The van der Waals surface area contributed by atoms with Crippen LogP contribution < -0.4 is 5.56 Å². The zero-order valence-electron chi connectivity index (χ0n) is 15.6. The smallest absolute Gasteiger partial charge is 0.268 e. The molecule has 0 aliphatic rings. The second-order valence-electron chi connectivity index (χ2n) is 6.60. The summed E-state index contributed by atoms with van der Waals surface area (Å²) in [5.74, 6) is 0.447. The summed E-state index contributed by atoms with van der Waals surface area (Å²) in [7, 11) is 0. The molecule has 0 atom stereocenters. The molecule has 1 heterocycles. The Hall–Kier alpha value is -4.06. The molecule has 0 saturated heterocycles. The molecule has 0 radical (unpaired) electrons. The number of nitro groups is 1. The molecule has 1 aromatic heterocycles. The number of benzene rings is 3. The number of hydrogen-bond donors (Lipinski definition) is 0. The van der Waals surface area contributed by atoms with Gasteiger partial charge < -0.3 is 0 Å². The molecular formula is C23H17N3O3. The SMILES string of the molecule is Cc1ccc(/C=C/c2nc3ccccc3c(=O)n2-c2ccccc2)cc1[N+](=O)[O-]. The Bertz CT molecular complexity index is 1310. The van der Waals surface area contributed by atoms with Crippen molar-refractivity contribution in [1.82, 2.24) is 9.55 Å². The molecule has 4 rings (SSSR count). The first-order chi connectivity index (χ1) is 14.0. The predicted octanol–water partition coefficient (Wildman–Crippen LogP) is 4.77. The summed E-state index contributed by atoms with van der Waals surface area (Å²) in [6, 6.07) is 21.5. The number of para-hydroxylation sites is 2. The highest BCUT2D eigenvalue weighted by Crippen LogP contribution is 2.21. The topological polar surface area (TPSA) is 78.0 Å². The molecule has 4 aromatic rings. The molecule has 142 valence electrons. The number of hydrogen-bond acceptors (Lipinski definition) is 4. The second-order valence-corrected chi connectivity index (χ2v) is 6.60. The van der Waals surface area contributed by atoms with Gasteiger partial charge in [0.1, 0.15) is 5.82 Å². The summed E-state index contributed by atoms with van der Waals surface area (Å²) in [5.41, 5.74) is 2.43. The fraction of sp³-hybridized carbons (Fsp3) is 0.0435. The van der Waals surface area contributed by atoms with Gasteiger partial charge in [-0.05, 0) is 42.8 Å². The van der Waals surface area contributed by atoms with Crippen molar-refractivity contribution in [3.05, 3.63) is 110 Å². The fourth-order valence-corrected chi connectivity index (χ4v) is 3.19. The Labute approximate surface area is 166 Å². The van der Waals surface area contributed by atoms with E-state index >= 15 is 0 Å². The normalized spacial score (nSPS) is 11.2. The first-order valence-corrected chi connectivity index (χ1v) is 9.05. The summed E-state index contributed by atoms with van der Waals surface area (Å²) in [6.45, 7) is 1.70. The maximum atomic E-state index is 13.1. The minimum absolute atomic E-state index is 0.0547. The van der Waals surface area contributed by atoms with Gasteiger partial charge in [0.05, 0.1) is 21.5 Å². The lowest BCUT2D eigenvalue weighted by molar-refractivity contribution is -0.385. The van der Waals surface area contributed by atoms with Gasteiger partial charge in [-0.25, -0.2) is 4.98 Å². The highest BCUT2D eigenvalue weighted by atomic mass is 16.6. The molecule has 0 saturated carbocycles. The van der Waals surface area contributed by atoms with Gasteiger partial charge in [-0.1, -0.05) is 48.5 Å². The zero-order valence-corrected chi connectivity index (χ0v) is 15.6. The lowest BCUT2D eigenvalue weighted by atomic mass is 10.1. The first-order valence-electron chi connectivity index (χ1n) is 9.05. The van der Waals surface area contributed by atoms with Crippen molar-refractivity contribution in [2.45, 2.75) is 6.92 Å². The fourth-order valence-electron chi connectivity index (χ4n) is 3.19. The van der Waals surface area contributed by atoms with Gasteiger partial charge in [0, 0.05) is 11.6 Å². The van der Waals surface area contributed by atoms with Gasteiger partial charge in [-0.2, -0.15) is 0 Å². The molecular weight excluding hydrogens is 366 g/mol. The minimum atomic E-state index is -0.402. The molecule has 0 amide bonds. The van der Waals surface area contributed by atoms with Gasteiger partial charge in [-0.15, -0.1) is 0 Å². The van der Waals surface area contributed by atoms with Gasteiger partial charge in [0.25, 0.3) is 11.2 Å². The van der Waals surface area contributed by atoms with E-state index in [1.807, 2.05) is 42.5 Å². The molecule has 0 aliphatic heterocycles. The molecule has 0 bridgehead atoms. The Balaban J connectivity index is 1.89. The largest absolute Gasteiger partial charge is 0.272 e. The molecule has 29 heavy (non-hydrogen) atoms. The van der Waals surface area contributed by atoms with Crippen LogP contribution in [-0.2, 0) is 0 Å². The van der Waals surface area contributed by atoms with E-state index in [0.717, 1.165) is 0 Å². The number of aryl methyl sites for hydroxylation is 1. The minimum Gasteiger partial charge on any atom is -0.268 e. The van der Waals surface area contributed by atoms with Crippen LogP contribution in [0.5, 0.6) is 0 Å². The average Bonchev–Trinajstić information content (AvgIpc) is 2.73. The van der Waals surface area contributed by atoms with Crippen LogP contribution in [0.3, 0.4) is 0 Å². The first kappa shape index (κ1) is 18.3.